The third-order valence-corrected chi connectivity index (χ3v) is 5.09. The fourth-order valence-electron chi connectivity index (χ4n) is 3.75. The van der Waals surface area contributed by atoms with Gasteiger partial charge in [-0.05, 0) is 24.1 Å². The van der Waals surface area contributed by atoms with Crippen LogP contribution in [0.4, 0.5) is 0 Å². The maximum Gasteiger partial charge on any atom is 0.329 e. The van der Waals surface area contributed by atoms with E-state index in [1.807, 2.05) is 18.2 Å². The number of likely N-dealkylation sites (tertiary alicyclic amines) is 1. The number of para-hydroxylation sites is 1. The van der Waals surface area contributed by atoms with E-state index in [0.717, 1.165) is 26.1 Å². The number of benzene rings is 2. The highest BCUT2D eigenvalue weighted by molar-refractivity contribution is 5.81. The van der Waals surface area contributed by atoms with E-state index in [-0.39, 0.29) is 18.5 Å². The summed E-state index contributed by atoms with van der Waals surface area (Å²) in [6.45, 7) is 2.44. The zero-order valence-electron chi connectivity index (χ0n) is 15.4. The standard InChI is InChI=1S/C21H22N4O3/c26-19(14-25-18-9-5-4-8-17(18)20(27)23-21(25)28)22-16-10-11-24(13-16)12-15-6-2-1-3-7-15/h1-9,16H,10-14H2,(H,22,26)(H,23,27,28)/t16-/m0/s1. The lowest BCUT2D eigenvalue weighted by molar-refractivity contribution is -0.122. The molecule has 0 saturated carbocycles. The Morgan fingerprint density at radius 2 is 1.82 bits per heavy atom. The molecule has 4 rings (SSSR count). The van der Waals surface area contributed by atoms with E-state index in [1.54, 1.807) is 24.3 Å². The number of nitrogens with one attached hydrogen (secondary N) is 2. The van der Waals surface area contributed by atoms with Crippen molar-refractivity contribution in [3.8, 4) is 0 Å². The summed E-state index contributed by atoms with van der Waals surface area (Å²) in [5.41, 5.74) is 0.699. The van der Waals surface area contributed by atoms with E-state index in [2.05, 4.69) is 27.3 Å². The van der Waals surface area contributed by atoms with Crippen molar-refractivity contribution in [3.63, 3.8) is 0 Å². The van der Waals surface area contributed by atoms with Gasteiger partial charge in [0.15, 0.2) is 0 Å². The maximum absolute atomic E-state index is 12.5. The summed E-state index contributed by atoms with van der Waals surface area (Å²) in [4.78, 5) is 41.2. The molecule has 1 fully saturated rings. The number of amides is 1. The van der Waals surface area contributed by atoms with Gasteiger partial charge in [-0.1, -0.05) is 42.5 Å². The second-order valence-electron chi connectivity index (χ2n) is 7.14. The van der Waals surface area contributed by atoms with E-state index < -0.39 is 11.2 Å². The fraction of sp³-hybridized carbons (Fsp3) is 0.286. The first-order valence-corrected chi connectivity index (χ1v) is 9.37. The van der Waals surface area contributed by atoms with Crippen molar-refractivity contribution in [2.24, 2.45) is 0 Å². The van der Waals surface area contributed by atoms with Crippen LogP contribution in [-0.4, -0.2) is 39.5 Å². The van der Waals surface area contributed by atoms with Crippen LogP contribution in [0.1, 0.15) is 12.0 Å². The molecule has 0 aliphatic carbocycles. The second kappa shape index (κ2) is 7.82. The third kappa shape index (κ3) is 3.89. The lowest BCUT2D eigenvalue weighted by Crippen LogP contribution is -2.41. The van der Waals surface area contributed by atoms with Gasteiger partial charge >= 0.3 is 5.69 Å². The molecule has 0 unspecified atom stereocenters. The Kier molecular flexibility index (Phi) is 5.08. The molecule has 2 aromatic carbocycles. The van der Waals surface area contributed by atoms with Crippen LogP contribution in [0, 0.1) is 0 Å². The molecule has 1 aliphatic heterocycles. The molecule has 1 aliphatic rings. The molecule has 1 saturated heterocycles. The molecule has 2 N–H and O–H groups in total. The Labute approximate surface area is 161 Å². The van der Waals surface area contributed by atoms with Crippen LogP contribution in [0.2, 0.25) is 0 Å². The van der Waals surface area contributed by atoms with Crippen molar-refractivity contribution in [1.29, 1.82) is 0 Å². The lowest BCUT2D eigenvalue weighted by Gasteiger charge is -2.17. The number of fused-ring (bicyclic) bond motifs is 1. The average molecular weight is 378 g/mol. The Balaban J connectivity index is 1.41. The van der Waals surface area contributed by atoms with Crippen molar-refractivity contribution in [1.82, 2.24) is 19.8 Å². The third-order valence-electron chi connectivity index (χ3n) is 5.09. The molecule has 2 heterocycles. The molecule has 3 aromatic rings. The number of hydrogen-bond donors (Lipinski definition) is 2. The summed E-state index contributed by atoms with van der Waals surface area (Å²) < 4.78 is 1.31. The highest BCUT2D eigenvalue weighted by atomic mass is 16.2. The SMILES string of the molecule is O=C(Cn1c(=O)[nH]c(=O)c2ccccc21)N[C@H]1CCN(Cc2ccccc2)C1. The summed E-state index contributed by atoms with van der Waals surface area (Å²) in [5, 5.41) is 3.41. The molecule has 28 heavy (non-hydrogen) atoms. The maximum atomic E-state index is 12.5. The van der Waals surface area contributed by atoms with Gasteiger partial charge in [0.2, 0.25) is 5.91 Å². The molecule has 1 amide bonds. The van der Waals surface area contributed by atoms with Gasteiger partial charge in [-0.3, -0.25) is 24.0 Å². The predicted molar refractivity (Wildman–Crippen MR) is 107 cm³/mol. The van der Waals surface area contributed by atoms with Crippen LogP contribution in [0.5, 0.6) is 0 Å². The first kappa shape index (κ1) is 18.2. The van der Waals surface area contributed by atoms with Crippen molar-refractivity contribution in [3.05, 3.63) is 81.0 Å². The Morgan fingerprint density at radius 1 is 1.07 bits per heavy atom. The largest absolute Gasteiger partial charge is 0.350 e. The van der Waals surface area contributed by atoms with E-state index in [1.165, 1.54) is 10.1 Å². The Hall–Kier alpha value is -3.19. The normalized spacial score (nSPS) is 17.1. The lowest BCUT2D eigenvalue weighted by atomic mass is 10.2. The van der Waals surface area contributed by atoms with Gasteiger partial charge in [-0.15, -0.1) is 0 Å². The summed E-state index contributed by atoms with van der Waals surface area (Å²) >= 11 is 0. The van der Waals surface area contributed by atoms with E-state index in [0.29, 0.717) is 10.9 Å². The van der Waals surface area contributed by atoms with Gasteiger partial charge in [-0.2, -0.15) is 0 Å². The van der Waals surface area contributed by atoms with Crippen molar-refractivity contribution in [2.45, 2.75) is 25.6 Å². The second-order valence-corrected chi connectivity index (χ2v) is 7.14. The van der Waals surface area contributed by atoms with Crippen molar-refractivity contribution >= 4 is 16.8 Å². The van der Waals surface area contributed by atoms with E-state index in [9.17, 15) is 14.4 Å². The van der Waals surface area contributed by atoms with Crippen molar-refractivity contribution < 1.29 is 4.79 Å². The van der Waals surface area contributed by atoms with Crippen LogP contribution in [-0.2, 0) is 17.9 Å². The van der Waals surface area contributed by atoms with E-state index >= 15 is 0 Å². The minimum atomic E-state index is -0.573. The molecule has 7 nitrogen and oxygen atoms in total. The number of H-pyrrole nitrogens is 1. The molecular weight excluding hydrogens is 356 g/mol. The first-order valence-electron chi connectivity index (χ1n) is 9.37. The summed E-state index contributed by atoms with van der Waals surface area (Å²) in [6.07, 6.45) is 0.875. The van der Waals surface area contributed by atoms with Gasteiger partial charge in [0, 0.05) is 25.7 Å². The number of rotatable bonds is 5. The first-order chi connectivity index (χ1) is 13.6. The summed E-state index contributed by atoms with van der Waals surface area (Å²) in [5.74, 6) is -0.231. The van der Waals surface area contributed by atoms with Crippen LogP contribution in [0.15, 0.2) is 64.2 Å². The number of nitrogens with zero attached hydrogens (tertiary/aromatic N) is 2. The molecule has 144 valence electrons. The van der Waals surface area contributed by atoms with Crippen LogP contribution in [0.25, 0.3) is 10.9 Å². The predicted octanol–water partition coefficient (Wildman–Crippen LogP) is 1.08. The van der Waals surface area contributed by atoms with Crippen LogP contribution >= 0.6 is 0 Å². The molecule has 0 radical (unpaired) electrons. The Morgan fingerprint density at radius 3 is 2.64 bits per heavy atom. The molecule has 1 atom stereocenters. The summed E-state index contributed by atoms with van der Waals surface area (Å²) in [6, 6.07) is 17.1. The van der Waals surface area contributed by atoms with E-state index in [4.69, 9.17) is 0 Å². The average Bonchev–Trinajstić information content (AvgIpc) is 3.12. The highest BCUT2D eigenvalue weighted by Crippen LogP contribution is 2.13. The fourth-order valence-corrected chi connectivity index (χ4v) is 3.75. The van der Waals surface area contributed by atoms with Crippen LogP contribution < -0.4 is 16.6 Å². The van der Waals surface area contributed by atoms with Gasteiger partial charge in [0.05, 0.1) is 10.9 Å². The van der Waals surface area contributed by atoms with Gasteiger partial charge in [0.1, 0.15) is 6.54 Å². The number of aromatic amines is 1. The van der Waals surface area contributed by atoms with Gasteiger partial charge in [0.25, 0.3) is 5.56 Å². The molecule has 0 spiro atoms. The number of carbonyl (C=O) groups is 1. The topological polar surface area (TPSA) is 87.2 Å². The minimum absolute atomic E-state index is 0.0564. The molecular formula is C21H22N4O3. The van der Waals surface area contributed by atoms with Gasteiger partial charge < -0.3 is 5.32 Å². The molecule has 1 aromatic heterocycles. The molecule has 7 heteroatoms. The van der Waals surface area contributed by atoms with Gasteiger partial charge in [-0.25, -0.2) is 4.79 Å². The zero-order valence-corrected chi connectivity index (χ0v) is 15.4. The minimum Gasteiger partial charge on any atom is -0.350 e. The van der Waals surface area contributed by atoms with Crippen LogP contribution in [0.3, 0.4) is 0 Å². The summed E-state index contributed by atoms with van der Waals surface area (Å²) in [7, 11) is 0. The van der Waals surface area contributed by atoms with Crippen molar-refractivity contribution in [2.75, 3.05) is 13.1 Å². The smallest absolute Gasteiger partial charge is 0.329 e. The highest BCUT2D eigenvalue weighted by Gasteiger charge is 2.24. The number of carbonyl (C=O) groups excluding carboxylic acids is 1. The molecule has 0 bridgehead atoms. The Bertz CT molecular complexity index is 1100. The number of aromatic nitrogens is 2. The zero-order chi connectivity index (χ0) is 19.5. The quantitative estimate of drug-likeness (QED) is 0.696. The monoisotopic (exact) mass is 378 g/mol. The number of hydrogen-bond acceptors (Lipinski definition) is 4.